The van der Waals surface area contributed by atoms with E-state index in [2.05, 4.69) is 15.5 Å². The first kappa shape index (κ1) is 26.8. The summed E-state index contributed by atoms with van der Waals surface area (Å²) in [6, 6.07) is 13.6. The number of aryl methyl sites for hydroxylation is 1. The molecule has 0 bridgehead atoms. The summed E-state index contributed by atoms with van der Waals surface area (Å²) in [5.41, 5.74) is -0.641. The Balaban J connectivity index is 1.61. The van der Waals surface area contributed by atoms with E-state index in [4.69, 9.17) is 4.74 Å². The molecule has 3 aromatic rings. The molecule has 0 amide bonds. The number of H-pyrrole nitrogens is 1. The lowest BCUT2D eigenvalue weighted by atomic mass is 9.74. The van der Waals surface area contributed by atoms with Gasteiger partial charge in [0, 0.05) is 13.0 Å². The van der Waals surface area contributed by atoms with Gasteiger partial charge in [-0.1, -0.05) is 42.0 Å². The first-order chi connectivity index (χ1) is 17.4. The van der Waals surface area contributed by atoms with Crippen LogP contribution in [-0.2, 0) is 26.8 Å². The van der Waals surface area contributed by atoms with Gasteiger partial charge in [0.1, 0.15) is 12.1 Å². The van der Waals surface area contributed by atoms with Crippen LogP contribution in [0.25, 0.3) is 0 Å². The van der Waals surface area contributed by atoms with Gasteiger partial charge in [-0.3, -0.25) is 9.36 Å². The Hall–Kier alpha value is -3.24. The normalized spacial score (nSPS) is 23.1. The highest BCUT2D eigenvalue weighted by atomic mass is 19.4. The summed E-state index contributed by atoms with van der Waals surface area (Å²) in [6.07, 6.45) is -2.45. The van der Waals surface area contributed by atoms with Gasteiger partial charge in [0.25, 0.3) is 0 Å². The number of halogens is 3. The number of piperidine rings is 1. The minimum absolute atomic E-state index is 0.0492. The number of hydrogen-bond acceptors (Lipinski definition) is 5. The van der Waals surface area contributed by atoms with E-state index in [0.29, 0.717) is 30.5 Å². The van der Waals surface area contributed by atoms with E-state index in [9.17, 15) is 22.8 Å². The molecule has 2 N–H and O–H groups in total. The number of aromatic nitrogens is 3. The Labute approximate surface area is 213 Å². The lowest BCUT2D eigenvalue weighted by molar-refractivity contribution is -0.137. The summed E-state index contributed by atoms with van der Waals surface area (Å²) in [6.45, 7) is 5.35. The minimum Gasteiger partial charge on any atom is -0.372 e. The van der Waals surface area contributed by atoms with Gasteiger partial charge in [-0.15, -0.1) is 0 Å². The number of ketones is 1. The number of benzene rings is 2. The molecule has 1 fully saturated rings. The van der Waals surface area contributed by atoms with Crippen LogP contribution in [0.1, 0.15) is 61.5 Å². The lowest BCUT2D eigenvalue weighted by Crippen LogP contribution is -2.60. The van der Waals surface area contributed by atoms with Crippen LogP contribution in [0.5, 0.6) is 0 Å². The standard InChI is InChI=1S/C27H31F3N4O3/c1-18-11-21(13-23(12-18)27(28,29)30)20(3)37-16-26(22-7-5-4-6-8-22)10-9-25(15-31-26,14-19(2)35)34-17-32-33-24(34)36/h4-8,11-13,17,20,31H,9-10,14-16H2,1-3H3,(H,33,36)/t20-,25-,26-/m1/s1. The number of ether oxygens (including phenoxy) is 1. The van der Waals surface area contributed by atoms with Crippen molar-refractivity contribution < 1.29 is 22.7 Å². The van der Waals surface area contributed by atoms with Gasteiger partial charge in [-0.05, 0) is 56.9 Å². The number of rotatable bonds is 8. The molecule has 198 valence electrons. The van der Waals surface area contributed by atoms with Crippen molar-refractivity contribution in [3.05, 3.63) is 87.6 Å². The van der Waals surface area contributed by atoms with Crippen LogP contribution in [0.3, 0.4) is 0 Å². The van der Waals surface area contributed by atoms with E-state index >= 15 is 0 Å². The van der Waals surface area contributed by atoms with Gasteiger partial charge in [-0.25, -0.2) is 9.89 Å². The molecule has 1 saturated heterocycles. The molecule has 0 aliphatic carbocycles. The summed E-state index contributed by atoms with van der Waals surface area (Å²) >= 11 is 0. The molecule has 10 heteroatoms. The van der Waals surface area contributed by atoms with Crippen molar-refractivity contribution >= 4 is 5.78 Å². The van der Waals surface area contributed by atoms with Crippen LogP contribution in [0.2, 0.25) is 0 Å². The quantitative estimate of drug-likeness (QED) is 0.456. The second kappa shape index (κ2) is 10.3. The third-order valence-electron chi connectivity index (χ3n) is 7.22. The summed E-state index contributed by atoms with van der Waals surface area (Å²) < 4.78 is 47.8. The number of carbonyl (C=O) groups excluding carboxylic acids is 1. The largest absolute Gasteiger partial charge is 0.416 e. The third-order valence-corrected chi connectivity index (χ3v) is 7.22. The predicted molar refractivity (Wildman–Crippen MR) is 132 cm³/mol. The number of hydrogen-bond donors (Lipinski definition) is 2. The number of aromatic amines is 1. The highest BCUT2D eigenvalue weighted by Crippen LogP contribution is 2.40. The Kier molecular flexibility index (Phi) is 7.43. The minimum atomic E-state index is -4.44. The SMILES string of the molecule is CC(=O)C[C@]1(n2cn[nH]c2=O)CC[C@@](CO[C@H](C)c2cc(C)cc(C(F)(F)F)c2)(c2ccccc2)NC1. The lowest BCUT2D eigenvalue weighted by Gasteiger charge is -2.47. The van der Waals surface area contributed by atoms with Crippen LogP contribution in [-0.4, -0.2) is 33.7 Å². The Morgan fingerprint density at radius 3 is 2.49 bits per heavy atom. The van der Waals surface area contributed by atoms with Crippen LogP contribution >= 0.6 is 0 Å². The summed E-state index contributed by atoms with van der Waals surface area (Å²) in [4.78, 5) is 24.6. The maximum absolute atomic E-state index is 13.4. The molecule has 37 heavy (non-hydrogen) atoms. The topological polar surface area (TPSA) is 89.0 Å². The molecule has 0 radical (unpaired) electrons. The third kappa shape index (κ3) is 5.70. The number of carbonyl (C=O) groups is 1. The number of alkyl halides is 3. The van der Waals surface area contributed by atoms with Crippen molar-refractivity contribution in [1.82, 2.24) is 20.1 Å². The van der Waals surface area contributed by atoms with Crippen molar-refractivity contribution in [2.45, 2.75) is 63.4 Å². The van der Waals surface area contributed by atoms with Crippen LogP contribution in [0.4, 0.5) is 13.2 Å². The average Bonchev–Trinajstić information content (AvgIpc) is 3.29. The molecule has 7 nitrogen and oxygen atoms in total. The summed E-state index contributed by atoms with van der Waals surface area (Å²) in [5.74, 6) is -0.0492. The second-order valence-corrected chi connectivity index (χ2v) is 10.0. The monoisotopic (exact) mass is 516 g/mol. The molecule has 3 atom stereocenters. The van der Waals surface area contributed by atoms with Crippen LogP contribution in [0.15, 0.2) is 59.7 Å². The van der Waals surface area contributed by atoms with Gasteiger partial charge in [0.05, 0.1) is 29.4 Å². The highest BCUT2D eigenvalue weighted by Gasteiger charge is 2.46. The molecular formula is C27H31F3N4O3. The fourth-order valence-electron chi connectivity index (χ4n) is 5.23. The zero-order valence-corrected chi connectivity index (χ0v) is 21.1. The van der Waals surface area contributed by atoms with Crippen LogP contribution < -0.4 is 11.0 Å². The maximum Gasteiger partial charge on any atom is 0.416 e. The van der Waals surface area contributed by atoms with E-state index in [1.54, 1.807) is 19.9 Å². The Morgan fingerprint density at radius 2 is 1.92 bits per heavy atom. The molecule has 2 heterocycles. The average molecular weight is 517 g/mol. The van der Waals surface area contributed by atoms with E-state index in [1.165, 1.54) is 17.8 Å². The van der Waals surface area contributed by atoms with E-state index < -0.39 is 28.9 Å². The smallest absolute Gasteiger partial charge is 0.372 e. The van der Waals surface area contributed by atoms with Gasteiger partial charge < -0.3 is 10.1 Å². The number of nitrogens with zero attached hydrogens (tertiary/aromatic N) is 2. The van der Waals surface area contributed by atoms with Crippen LogP contribution in [0, 0.1) is 6.92 Å². The first-order valence-corrected chi connectivity index (χ1v) is 12.2. The second-order valence-electron chi connectivity index (χ2n) is 10.0. The Morgan fingerprint density at radius 1 is 1.19 bits per heavy atom. The van der Waals surface area contributed by atoms with Crippen molar-refractivity contribution in [3.8, 4) is 0 Å². The van der Waals surface area contributed by atoms with E-state index in [-0.39, 0.29) is 24.5 Å². The first-order valence-electron chi connectivity index (χ1n) is 12.2. The van der Waals surface area contributed by atoms with Crippen molar-refractivity contribution in [2.24, 2.45) is 0 Å². The van der Waals surface area contributed by atoms with Gasteiger partial charge >= 0.3 is 11.9 Å². The zero-order chi connectivity index (χ0) is 26.8. The van der Waals surface area contributed by atoms with Crippen molar-refractivity contribution in [1.29, 1.82) is 0 Å². The molecule has 1 aliphatic heterocycles. The van der Waals surface area contributed by atoms with Gasteiger partial charge in [0.2, 0.25) is 0 Å². The fraction of sp³-hybridized carbons (Fsp3) is 0.444. The fourth-order valence-corrected chi connectivity index (χ4v) is 5.23. The van der Waals surface area contributed by atoms with Gasteiger partial charge in [0.15, 0.2) is 0 Å². The number of Topliss-reactive ketones (excluding diaryl/α,β-unsaturated/α-hetero) is 1. The van der Waals surface area contributed by atoms with E-state index in [1.807, 2.05) is 30.3 Å². The molecule has 1 aromatic heterocycles. The van der Waals surface area contributed by atoms with Crippen molar-refractivity contribution in [3.63, 3.8) is 0 Å². The highest BCUT2D eigenvalue weighted by molar-refractivity contribution is 5.76. The van der Waals surface area contributed by atoms with E-state index in [0.717, 1.165) is 17.7 Å². The number of nitrogens with one attached hydrogen (secondary N) is 2. The zero-order valence-electron chi connectivity index (χ0n) is 21.1. The molecule has 4 rings (SSSR count). The maximum atomic E-state index is 13.4. The van der Waals surface area contributed by atoms with Crippen molar-refractivity contribution in [2.75, 3.05) is 13.2 Å². The summed E-state index contributed by atoms with van der Waals surface area (Å²) in [7, 11) is 0. The predicted octanol–water partition coefficient (Wildman–Crippen LogP) is 4.63. The molecule has 0 spiro atoms. The Bertz CT molecular complexity index is 1290. The van der Waals surface area contributed by atoms with Gasteiger partial charge in [-0.2, -0.15) is 18.3 Å². The molecular weight excluding hydrogens is 485 g/mol. The molecule has 1 aliphatic rings. The summed E-state index contributed by atoms with van der Waals surface area (Å²) in [5, 5.41) is 9.81. The molecule has 0 saturated carbocycles. The molecule has 0 unspecified atom stereocenters. The molecule has 2 aromatic carbocycles.